The fourth-order valence-electron chi connectivity index (χ4n) is 3.50. The van der Waals surface area contributed by atoms with Gasteiger partial charge in [0.2, 0.25) is 0 Å². The maximum Gasteiger partial charge on any atom is 0.490 e. The molecule has 2 aromatic rings. The zero-order chi connectivity index (χ0) is 28.5. The van der Waals surface area contributed by atoms with Crippen molar-refractivity contribution in [3.05, 3.63) is 36.0 Å². The summed E-state index contributed by atoms with van der Waals surface area (Å²) in [5.41, 5.74) is 1.21. The number of ether oxygens (including phenoxy) is 1. The van der Waals surface area contributed by atoms with Gasteiger partial charge < -0.3 is 19.8 Å². The van der Waals surface area contributed by atoms with Crippen LogP contribution in [0.2, 0.25) is 0 Å². The lowest BCUT2D eigenvalue weighted by Crippen LogP contribution is -2.40. The summed E-state index contributed by atoms with van der Waals surface area (Å²) in [6.07, 6.45) is -1.80. The second-order valence-electron chi connectivity index (χ2n) is 8.16. The van der Waals surface area contributed by atoms with E-state index in [1.165, 1.54) is 18.4 Å². The molecule has 2 aliphatic rings. The monoisotopic (exact) mass is 556 g/mol. The lowest BCUT2D eigenvalue weighted by atomic mass is 10.2. The first-order chi connectivity index (χ1) is 17.7. The van der Waals surface area contributed by atoms with E-state index >= 15 is 0 Å². The van der Waals surface area contributed by atoms with Crippen molar-refractivity contribution in [2.45, 2.75) is 37.8 Å². The number of halogens is 6. The molecule has 2 fully saturated rings. The number of hydrogen-bond donors (Lipinski definition) is 2. The number of carboxylic acids is 2. The van der Waals surface area contributed by atoms with Crippen molar-refractivity contribution in [1.82, 2.24) is 24.6 Å². The van der Waals surface area contributed by atoms with Gasteiger partial charge in [-0.1, -0.05) is 0 Å². The third-order valence-electron chi connectivity index (χ3n) is 5.26. The Hall–Kier alpha value is -3.47. The molecular weight excluding hydrogens is 530 g/mol. The van der Waals surface area contributed by atoms with Gasteiger partial charge in [-0.2, -0.15) is 31.4 Å². The Morgan fingerprint density at radius 2 is 1.63 bits per heavy atom. The second-order valence-corrected chi connectivity index (χ2v) is 8.16. The zero-order valence-corrected chi connectivity index (χ0v) is 20.1. The van der Waals surface area contributed by atoms with Crippen LogP contribution in [0.1, 0.15) is 30.3 Å². The van der Waals surface area contributed by atoms with Crippen molar-refractivity contribution in [1.29, 1.82) is 0 Å². The zero-order valence-electron chi connectivity index (χ0n) is 20.1. The molecule has 2 N–H and O–H groups in total. The fourth-order valence-corrected chi connectivity index (χ4v) is 3.50. The highest BCUT2D eigenvalue weighted by Gasteiger charge is 2.39. The number of aromatic nitrogens is 4. The van der Waals surface area contributed by atoms with Crippen LogP contribution in [-0.4, -0.2) is 92.0 Å². The lowest BCUT2D eigenvalue weighted by molar-refractivity contribution is -0.193. The molecule has 4 heterocycles. The van der Waals surface area contributed by atoms with Crippen LogP contribution in [-0.2, 0) is 27.9 Å². The van der Waals surface area contributed by atoms with Gasteiger partial charge in [0.25, 0.3) is 0 Å². The molecule has 0 amide bonds. The predicted octanol–water partition coefficient (Wildman–Crippen LogP) is 2.65. The number of hydrogen-bond acceptors (Lipinski definition) is 8. The van der Waals surface area contributed by atoms with Gasteiger partial charge in [0.15, 0.2) is 0 Å². The maximum atomic E-state index is 10.6. The average Bonchev–Trinajstić information content (AvgIpc) is 3.51. The highest BCUT2D eigenvalue weighted by Crippen LogP contribution is 2.26. The van der Waals surface area contributed by atoms with Crippen molar-refractivity contribution in [2.24, 2.45) is 7.05 Å². The molecule has 17 heteroatoms. The Labute approximate surface area is 212 Å². The Bertz CT molecular complexity index is 1030. The van der Waals surface area contributed by atoms with Gasteiger partial charge in [-0.05, 0) is 18.9 Å². The largest absolute Gasteiger partial charge is 0.490 e. The molecule has 0 spiro atoms. The first-order valence-electron chi connectivity index (χ1n) is 11.2. The number of aliphatic carboxylic acids is 2. The molecule has 1 atom stereocenters. The Kier molecular flexibility index (Phi) is 10.8. The number of rotatable bonds is 4. The lowest BCUT2D eigenvalue weighted by Gasteiger charge is -2.34. The molecule has 212 valence electrons. The van der Waals surface area contributed by atoms with Crippen LogP contribution >= 0.6 is 0 Å². The summed E-state index contributed by atoms with van der Waals surface area (Å²) >= 11 is 0. The number of aryl methyl sites for hydroxylation is 1. The molecule has 2 aliphatic heterocycles. The van der Waals surface area contributed by atoms with E-state index in [0.29, 0.717) is 6.61 Å². The van der Waals surface area contributed by atoms with Crippen LogP contribution in [0, 0.1) is 0 Å². The minimum Gasteiger partial charge on any atom is -0.475 e. The number of alkyl halides is 6. The molecule has 2 aromatic heterocycles. The van der Waals surface area contributed by atoms with E-state index in [0.717, 1.165) is 44.4 Å². The van der Waals surface area contributed by atoms with E-state index in [9.17, 15) is 26.3 Å². The highest BCUT2D eigenvalue weighted by atomic mass is 19.4. The van der Waals surface area contributed by atoms with E-state index in [1.807, 2.05) is 30.2 Å². The quantitative estimate of drug-likeness (QED) is 0.542. The molecule has 11 nitrogen and oxygen atoms in total. The summed E-state index contributed by atoms with van der Waals surface area (Å²) in [5, 5.41) is 18.5. The fraction of sp³-hybridized carbons (Fsp3) is 0.571. The minimum atomic E-state index is -5.08. The van der Waals surface area contributed by atoms with Gasteiger partial charge in [0, 0.05) is 51.2 Å². The molecule has 1 unspecified atom stereocenters. The number of anilines is 1. The van der Waals surface area contributed by atoms with Gasteiger partial charge >= 0.3 is 24.3 Å². The van der Waals surface area contributed by atoms with E-state index in [-0.39, 0.29) is 6.04 Å². The summed E-state index contributed by atoms with van der Waals surface area (Å²) in [6, 6.07) is 2.12. The van der Waals surface area contributed by atoms with Crippen LogP contribution in [0.5, 0.6) is 0 Å². The van der Waals surface area contributed by atoms with Crippen LogP contribution in [0.3, 0.4) is 0 Å². The summed E-state index contributed by atoms with van der Waals surface area (Å²) in [4.78, 5) is 31.9. The molecule has 38 heavy (non-hydrogen) atoms. The third-order valence-corrected chi connectivity index (χ3v) is 5.26. The first kappa shape index (κ1) is 30.8. The van der Waals surface area contributed by atoms with Gasteiger partial charge in [0.05, 0.1) is 25.5 Å². The summed E-state index contributed by atoms with van der Waals surface area (Å²) in [7, 11) is 1.95. The van der Waals surface area contributed by atoms with Crippen molar-refractivity contribution in [3.63, 3.8) is 0 Å². The number of morpholine rings is 1. The van der Waals surface area contributed by atoms with Gasteiger partial charge in [-0.25, -0.2) is 19.6 Å². The second kappa shape index (κ2) is 13.4. The van der Waals surface area contributed by atoms with Crippen LogP contribution < -0.4 is 4.90 Å². The van der Waals surface area contributed by atoms with Gasteiger partial charge in [0.1, 0.15) is 11.6 Å². The van der Waals surface area contributed by atoms with Crippen LogP contribution in [0.25, 0.3) is 0 Å². The molecule has 0 radical (unpaired) electrons. The Morgan fingerprint density at radius 3 is 2.13 bits per heavy atom. The van der Waals surface area contributed by atoms with E-state index in [1.54, 1.807) is 0 Å². The summed E-state index contributed by atoms with van der Waals surface area (Å²) < 4.78 is 71.0. The molecule has 0 bridgehead atoms. The van der Waals surface area contributed by atoms with Crippen molar-refractivity contribution < 1.29 is 50.9 Å². The predicted molar refractivity (Wildman–Crippen MR) is 118 cm³/mol. The summed E-state index contributed by atoms with van der Waals surface area (Å²) in [6.45, 7) is 5.32. The van der Waals surface area contributed by atoms with Crippen molar-refractivity contribution in [2.75, 3.05) is 37.7 Å². The van der Waals surface area contributed by atoms with Gasteiger partial charge in [-0.3, -0.25) is 9.58 Å². The van der Waals surface area contributed by atoms with E-state index in [2.05, 4.69) is 26.1 Å². The SMILES string of the molecule is Cn1cc(CN2CCOCC2c2nccc(N3CCCC3)n2)cn1.O=C(O)C(F)(F)F.O=C(O)C(F)(F)F. The van der Waals surface area contributed by atoms with Crippen molar-refractivity contribution in [3.8, 4) is 0 Å². The van der Waals surface area contributed by atoms with Gasteiger partial charge in [-0.15, -0.1) is 0 Å². The molecule has 0 saturated carbocycles. The van der Waals surface area contributed by atoms with E-state index < -0.39 is 24.3 Å². The van der Waals surface area contributed by atoms with Crippen LogP contribution in [0.4, 0.5) is 32.2 Å². The maximum absolute atomic E-state index is 10.6. The normalized spacial score (nSPS) is 18.2. The Morgan fingerprint density at radius 1 is 1.05 bits per heavy atom. The molecule has 0 aliphatic carbocycles. The Balaban J connectivity index is 0.000000301. The number of carboxylic acid groups (broad SMARTS) is 2. The minimum absolute atomic E-state index is 0.0986. The number of carbonyl (C=O) groups is 2. The van der Waals surface area contributed by atoms with Crippen LogP contribution in [0.15, 0.2) is 24.7 Å². The summed E-state index contributed by atoms with van der Waals surface area (Å²) in [5.74, 6) is -3.60. The smallest absolute Gasteiger partial charge is 0.475 e. The molecular formula is C21H26F6N6O5. The number of nitrogens with zero attached hydrogens (tertiary/aromatic N) is 6. The average molecular weight is 556 g/mol. The topological polar surface area (TPSA) is 134 Å². The van der Waals surface area contributed by atoms with E-state index in [4.69, 9.17) is 29.5 Å². The molecule has 4 rings (SSSR count). The first-order valence-corrected chi connectivity index (χ1v) is 11.2. The highest BCUT2D eigenvalue weighted by molar-refractivity contribution is 5.73. The third kappa shape index (κ3) is 9.77. The van der Waals surface area contributed by atoms with Crippen molar-refractivity contribution >= 4 is 17.8 Å². The molecule has 0 aromatic carbocycles. The molecule has 2 saturated heterocycles. The standard InChI is InChI=1S/C17H24N6O.2C2HF3O2/c1-21-11-14(10-19-21)12-23-8-9-24-13-15(23)17-18-5-4-16(20-17)22-6-2-3-7-22;2*3-2(4,5)1(6)7/h4-5,10-11,15H,2-3,6-9,12-13H2,1H3;2*(H,6,7).